The number of amides is 1. The van der Waals surface area contributed by atoms with Crippen LogP contribution in [0.5, 0.6) is 0 Å². The van der Waals surface area contributed by atoms with E-state index in [2.05, 4.69) is 26.3 Å². The Morgan fingerprint density at radius 3 is 2.88 bits per heavy atom. The predicted octanol–water partition coefficient (Wildman–Crippen LogP) is 2.06. The lowest BCUT2D eigenvalue weighted by Crippen LogP contribution is -2.38. The molecule has 0 saturated carbocycles. The van der Waals surface area contributed by atoms with Crippen LogP contribution >= 0.6 is 22.9 Å². The molecule has 2 aromatic rings. The molecule has 1 amide bonds. The summed E-state index contributed by atoms with van der Waals surface area (Å²) in [5, 5.41) is 5.23. The number of morpholine rings is 1. The fourth-order valence-electron chi connectivity index (χ4n) is 2.72. The van der Waals surface area contributed by atoms with Gasteiger partial charge in [-0.25, -0.2) is 9.97 Å². The number of carbonyl (C=O) groups excluding carboxylic acids is 1. The van der Waals surface area contributed by atoms with Crippen molar-refractivity contribution in [1.82, 2.24) is 20.2 Å². The van der Waals surface area contributed by atoms with Gasteiger partial charge in [-0.1, -0.05) is 17.7 Å². The number of halogens is 1. The van der Waals surface area contributed by atoms with Crippen molar-refractivity contribution in [2.24, 2.45) is 0 Å². The van der Waals surface area contributed by atoms with Gasteiger partial charge in [0.25, 0.3) is 5.91 Å². The highest BCUT2D eigenvalue weighted by molar-refractivity contribution is 7.10. The van der Waals surface area contributed by atoms with Crippen LogP contribution in [0.1, 0.15) is 21.4 Å². The van der Waals surface area contributed by atoms with Crippen LogP contribution in [0.25, 0.3) is 0 Å². The van der Waals surface area contributed by atoms with E-state index in [0.29, 0.717) is 38.8 Å². The predicted molar refractivity (Wildman–Crippen MR) is 103 cm³/mol. The average Bonchev–Trinajstić information content (AvgIpc) is 3.17. The monoisotopic (exact) mass is 395 g/mol. The van der Waals surface area contributed by atoms with Crippen LogP contribution in [0.4, 0.5) is 5.95 Å². The number of anilines is 1. The highest BCUT2D eigenvalue weighted by Gasteiger charge is 2.21. The van der Waals surface area contributed by atoms with Crippen LogP contribution in [-0.2, 0) is 4.74 Å². The first-order chi connectivity index (χ1) is 12.6. The molecule has 3 rings (SSSR count). The minimum atomic E-state index is -0.296. The molecule has 0 unspecified atom stereocenters. The Kier molecular flexibility index (Phi) is 6.42. The lowest BCUT2D eigenvalue weighted by molar-refractivity contribution is 0.0937. The van der Waals surface area contributed by atoms with E-state index in [4.69, 9.17) is 16.3 Å². The molecule has 7 nitrogen and oxygen atoms in total. The fraction of sp³-hybridized carbons (Fsp3) is 0.471. The van der Waals surface area contributed by atoms with Gasteiger partial charge < -0.3 is 19.9 Å². The van der Waals surface area contributed by atoms with E-state index >= 15 is 0 Å². The van der Waals surface area contributed by atoms with E-state index in [1.54, 1.807) is 11.3 Å². The zero-order valence-electron chi connectivity index (χ0n) is 14.8. The Labute approximate surface area is 161 Å². The summed E-state index contributed by atoms with van der Waals surface area (Å²) in [6.45, 7) is 3.12. The summed E-state index contributed by atoms with van der Waals surface area (Å²) in [6.07, 6.45) is 1.48. The number of ether oxygens (including phenoxy) is 1. The van der Waals surface area contributed by atoms with Crippen LogP contribution in [0.15, 0.2) is 23.7 Å². The molecule has 0 aromatic carbocycles. The maximum absolute atomic E-state index is 12.7. The van der Waals surface area contributed by atoms with E-state index < -0.39 is 0 Å². The molecule has 0 radical (unpaired) electrons. The molecule has 1 N–H and O–H groups in total. The first kappa shape index (κ1) is 19.0. The van der Waals surface area contributed by atoms with E-state index in [9.17, 15) is 4.79 Å². The van der Waals surface area contributed by atoms with Crippen LogP contribution < -0.4 is 10.2 Å². The molecule has 1 aliphatic heterocycles. The summed E-state index contributed by atoms with van der Waals surface area (Å²) in [7, 11) is 3.98. The molecule has 26 heavy (non-hydrogen) atoms. The second-order valence-electron chi connectivity index (χ2n) is 6.17. The lowest BCUT2D eigenvalue weighted by Gasteiger charge is -2.27. The van der Waals surface area contributed by atoms with Crippen molar-refractivity contribution >= 4 is 34.8 Å². The number of carbonyl (C=O) groups is 1. The SMILES string of the molecule is CN(C)[C@@H](CNC(=O)c1nc(N2CCOCC2)ncc1Cl)c1cccs1. The number of likely N-dealkylation sites (N-methyl/N-ethyl adjacent to an activating group) is 1. The van der Waals surface area contributed by atoms with Gasteiger partial charge in [-0.3, -0.25) is 4.79 Å². The van der Waals surface area contributed by atoms with Crippen molar-refractivity contribution in [2.75, 3.05) is 51.8 Å². The summed E-state index contributed by atoms with van der Waals surface area (Å²) in [5.74, 6) is 0.209. The minimum Gasteiger partial charge on any atom is -0.378 e. The molecule has 3 heterocycles. The first-order valence-electron chi connectivity index (χ1n) is 8.39. The maximum atomic E-state index is 12.7. The van der Waals surface area contributed by atoms with Gasteiger partial charge in [0.2, 0.25) is 5.95 Å². The maximum Gasteiger partial charge on any atom is 0.271 e. The third-order valence-corrected chi connectivity index (χ3v) is 5.44. The quantitative estimate of drug-likeness (QED) is 0.807. The second-order valence-corrected chi connectivity index (χ2v) is 7.56. The standard InChI is InChI=1S/C17H22ClN5O2S/c1-22(2)13(14-4-3-9-26-14)11-19-16(24)15-12(18)10-20-17(21-15)23-5-7-25-8-6-23/h3-4,9-10,13H,5-8,11H2,1-2H3,(H,19,24)/t13-/m0/s1. The molecule has 0 aliphatic carbocycles. The van der Waals surface area contributed by atoms with Gasteiger partial charge in [-0.05, 0) is 25.5 Å². The largest absolute Gasteiger partial charge is 0.378 e. The lowest BCUT2D eigenvalue weighted by atomic mass is 10.2. The molecule has 0 bridgehead atoms. The highest BCUT2D eigenvalue weighted by atomic mass is 35.5. The van der Waals surface area contributed by atoms with Crippen LogP contribution in [-0.4, -0.2) is 67.7 Å². The Morgan fingerprint density at radius 1 is 1.46 bits per heavy atom. The summed E-state index contributed by atoms with van der Waals surface area (Å²) in [5.41, 5.74) is 0.201. The summed E-state index contributed by atoms with van der Waals surface area (Å²) < 4.78 is 5.34. The zero-order chi connectivity index (χ0) is 18.5. The van der Waals surface area contributed by atoms with Gasteiger partial charge in [0.05, 0.1) is 30.5 Å². The number of hydrogen-bond donors (Lipinski definition) is 1. The molecule has 1 saturated heterocycles. The van der Waals surface area contributed by atoms with Gasteiger partial charge >= 0.3 is 0 Å². The molecule has 1 atom stereocenters. The smallest absolute Gasteiger partial charge is 0.271 e. The average molecular weight is 396 g/mol. The Hall–Kier alpha value is -1.74. The molecule has 140 valence electrons. The first-order valence-corrected chi connectivity index (χ1v) is 9.65. The van der Waals surface area contributed by atoms with Gasteiger partial charge in [0.1, 0.15) is 0 Å². The van der Waals surface area contributed by atoms with E-state index in [1.165, 1.54) is 11.1 Å². The number of thiophene rings is 1. The van der Waals surface area contributed by atoms with Crippen molar-refractivity contribution in [3.05, 3.63) is 39.3 Å². The van der Waals surface area contributed by atoms with Gasteiger partial charge in [-0.2, -0.15) is 0 Å². The van der Waals surface area contributed by atoms with E-state index in [1.807, 2.05) is 30.4 Å². The molecule has 0 spiro atoms. The van der Waals surface area contributed by atoms with E-state index in [-0.39, 0.29) is 22.7 Å². The molecule has 2 aromatic heterocycles. The van der Waals surface area contributed by atoms with E-state index in [0.717, 1.165) is 0 Å². The summed E-state index contributed by atoms with van der Waals surface area (Å²) in [4.78, 5) is 26.5. The second kappa shape index (κ2) is 8.77. The third kappa shape index (κ3) is 4.50. The van der Waals surface area contributed by atoms with Gasteiger partial charge in [-0.15, -0.1) is 11.3 Å². The minimum absolute atomic E-state index is 0.0956. The van der Waals surface area contributed by atoms with Gasteiger partial charge in [0.15, 0.2) is 5.69 Å². The van der Waals surface area contributed by atoms with Crippen LogP contribution in [0, 0.1) is 0 Å². The van der Waals surface area contributed by atoms with Crippen LogP contribution in [0.3, 0.4) is 0 Å². The number of nitrogens with one attached hydrogen (secondary N) is 1. The fourth-order valence-corrected chi connectivity index (χ4v) is 3.82. The normalized spacial score (nSPS) is 15.9. The van der Waals surface area contributed by atoms with Crippen molar-refractivity contribution in [3.8, 4) is 0 Å². The molecular weight excluding hydrogens is 374 g/mol. The number of nitrogens with zero attached hydrogens (tertiary/aromatic N) is 4. The number of aromatic nitrogens is 2. The Bertz CT molecular complexity index is 735. The Morgan fingerprint density at radius 2 is 2.23 bits per heavy atom. The number of rotatable bonds is 6. The topological polar surface area (TPSA) is 70.6 Å². The van der Waals surface area contributed by atoms with Crippen molar-refractivity contribution < 1.29 is 9.53 Å². The summed E-state index contributed by atoms with van der Waals surface area (Å²) >= 11 is 7.84. The van der Waals surface area contributed by atoms with Gasteiger partial charge in [0, 0.05) is 24.5 Å². The zero-order valence-corrected chi connectivity index (χ0v) is 16.4. The molecule has 1 fully saturated rings. The number of hydrogen-bond acceptors (Lipinski definition) is 7. The van der Waals surface area contributed by atoms with Crippen LogP contribution in [0.2, 0.25) is 5.02 Å². The molecular formula is C17H22ClN5O2S. The van der Waals surface area contributed by atoms with Crippen molar-refractivity contribution in [2.45, 2.75) is 6.04 Å². The summed E-state index contributed by atoms with van der Waals surface area (Å²) in [6, 6.07) is 4.17. The third-order valence-electron chi connectivity index (χ3n) is 4.19. The van der Waals surface area contributed by atoms with Crippen molar-refractivity contribution in [1.29, 1.82) is 0 Å². The highest BCUT2D eigenvalue weighted by Crippen LogP contribution is 2.23. The Balaban J connectivity index is 1.70. The molecule has 9 heteroatoms. The van der Waals surface area contributed by atoms with Crippen molar-refractivity contribution in [3.63, 3.8) is 0 Å². The molecule has 1 aliphatic rings.